The second-order valence-corrected chi connectivity index (χ2v) is 7.94. The highest BCUT2D eigenvalue weighted by molar-refractivity contribution is 8.02. The highest BCUT2D eigenvalue weighted by atomic mass is 32.3. The summed E-state index contributed by atoms with van der Waals surface area (Å²) < 4.78 is 23.6. The molecule has 0 bridgehead atoms. The molecule has 16 heavy (non-hydrogen) atoms. The highest BCUT2D eigenvalue weighted by Gasteiger charge is 2.22. The van der Waals surface area contributed by atoms with Crippen molar-refractivity contribution < 1.29 is 8.42 Å². The molecular weight excluding hydrogens is 262 g/mol. The van der Waals surface area contributed by atoms with E-state index in [1.807, 2.05) is 13.8 Å². The minimum atomic E-state index is -3.51. The molecule has 0 saturated carbocycles. The molecule has 3 nitrogen and oxygen atoms in total. The molecule has 1 atom stereocenters. The summed E-state index contributed by atoms with van der Waals surface area (Å²) in [6.45, 7) is 6.16. The Morgan fingerprint density at radius 1 is 1.44 bits per heavy atom. The van der Waals surface area contributed by atoms with Crippen molar-refractivity contribution >= 4 is 33.1 Å². The Balaban J connectivity index is 0.000000606. The summed E-state index contributed by atoms with van der Waals surface area (Å²) in [5, 5.41) is 5.66. The Kier molecular flexibility index (Phi) is 4.85. The topological polar surface area (TPSA) is 60.2 Å². The van der Waals surface area contributed by atoms with Crippen molar-refractivity contribution in [3.63, 3.8) is 0 Å². The fourth-order valence-electron chi connectivity index (χ4n) is 1.40. The third-order valence-electron chi connectivity index (χ3n) is 2.16. The molecular formula is C10H17NO2S3. The summed E-state index contributed by atoms with van der Waals surface area (Å²) in [7, 11) is -3.51. The second-order valence-electron chi connectivity index (χ2n) is 3.39. The zero-order chi connectivity index (χ0) is 12.3. The van der Waals surface area contributed by atoms with Gasteiger partial charge in [0.05, 0.1) is 4.21 Å². The monoisotopic (exact) mass is 279 g/mol. The third-order valence-corrected chi connectivity index (χ3v) is 6.20. The first-order chi connectivity index (χ1) is 7.47. The molecule has 2 N–H and O–H groups in total. The third kappa shape index (κ3) is 3.23. The van der Waals surface area contributed by atoms with E-state index in [4.69, 9.17) is 5.14 Å². The fourth-order valence-corrected chi connectivity index (χ4v) is 5.13. The van der Waals surface area contributed by atoms with Crippen LogP contribution >= 0.6 is 23.1 Å². The predicted octanol–water partition coefficient (Wildman–Crippen LogP) is 2.85. The van der Waals surface area contributed by atoms with Crippen LogP contribution < -0.4 is 5.14 Å². The maximum Gasteiger partial charge on any atom is 0.247 e. The van der Waals surface area contributed by atoms with E-state index in [2.05, 4.69) is 6.92 Å². The first kappa shape index (κ1) is 14.0. The lowest BCUT2D eigenvalue weighted by Crippen LogP contribution is -2.10. The van der Waals surface area contributed by atoms with Crippen molar-refractivity contribution in [2.75, 3.05) is 0 Å². The zero-order valence-corrected chi connectivity index (χ0v) is 12.1. The Hall–Kier alpha value is -0.0400. The van der Waals surface area contributed by atoms with E-state index >= 15 is 0 Å². The van der Waals surface area contributed by atoms with Crippen molar-refractivity contribution in [2.24, 2.45) is 5.14 Å². The van der Waals surface area contributed by atoms with Gasteiger partial charge in [0.1, 0.15) is 4.21 Å². The molecule has 0 fully saturated rings. The number of thioether (sulfide) groups is 1. The Morgan fingerprint density at radius 2 is 2.06 bits per heavy atom. The number of hydrogen-bond donors (Lipinski definition) is 1. The van der Waals surface area contributed by atoms with Gasteiger partial charge < -0.3 is 0 Å². The first-order valence-corrected chi connectivity index (χ1v) is 8.53. The number of hydrogen-bond acceptors (Lipinski definition) is 4. The van der Waals surface area contributed by atoms with Gasteiger partial charge in [0, 0.05) is 5.25 Å². The molecule has 1 aromatic rings. The fraction of sp³-hybridized carbons (Fsp3) is 0.600. The molecule has 2 heterocycles. The van der Waals surface area contributed by atoms with Crippen LogP contribution in [0.4, 0.5) is 0 Å². The van der Waals surface area contributed by atoms with Gasteiger partial charge in [0.25, 0.3) is 0 Å². The number of fused-ring (bicyclic) bond motifs is 1. The summed E-state index contributed by atoms with van der Waals surface area (Å²) in [5.74, 6) is 0. The van der Waals surface area contributed by atoms with Gasteiger partial charge in [-0.25, -0.2) is 13.6 Å². The normalized spacial score (nSPS) is 19.6. The summed E-state index contributed by atoms with van der Waals surface area (Å²) in [5.41, 5.74) is 1.14. The largest absolute Gasteiger partial charge is 0.247 e. The maximum atomic E-state index is 11.1. The summed E-state index contributed by atoms with van der Waals surface area (Å²) in [6.07, 6.45) is 2.08. The first-order valence-electron chi connectivity index (χ1n) is 5.29. The summed E-state index contributed by atoms with van der Waals surface area (Å²) in [6, 6.07) is 1.72. The Morgan fingerprint density at radius 3 is 2.62 bits per heavy atom. The molecule has 0 spiro atoms. The van der Waals surface area contributed by atoms with Crippen LogP contribution in [-0.2, 0) is 16.4 Å². The van der Waals surface area contributed by atoms with Gasteiger partial charge in [-0.2, -0.15) is 0 Å². The van der Waals surface area contributed by atoms with E-state index < -0.39 is 10.0 Å². The molecule has 1 aromatic heterocycles. The van der Waals surface area contributed by atoms with Gasteiger partial charge in [-0.05, 0) is 24.5 Å². The molecule has 0 aliphatic carbocycles. The van der Waals surface area contributed by atoms with Gasteiger partial charge in [0.15, 0.2) is 0 Å². The number of thiophene rings is 1. The van der Waals surface area contributed by atoms with Crippen LogP contribution in [-0.4, -0.2) is 13.7 Å². The quantitative estimate of drug-likeness (QED) is 0.860. The smallest absolute Gasteiger partial charge is 0.224 e. The minimum Gasteiger partial charge on any atom is -0.224 e. The van der Waals surface area contributed by atoms with Crippen LogP contribution in [0.2, 0.25) is 0 Å². The predicted molar refractivity (Wildman–Crippen MR) is 70.7 cm³/mol. The Labute approximate surface area is 105 Å². The lowest BCUT2D eigenvalue weighted by molar-refractivity contribution is 0.599. The number of primary sulfonamides is 1. The summed E-state index contributed by atoms with van der Waals surface area (Å²) in [4.78, 5) is 0. The van der Waals surface area contributed by atoms with Gasteiger partial charge in [0.2, 0.25) is 10.0 Å². The van der Waals surface area contributed by atoms with Crippen LogP contribution in [0, 0.1) is 0 Å². The molecule has 1 aliphatic heterocycles. The van der Waals surface area contributed by atoms with Crippen molar-refractivity contribution in [1.82, 2.24) is 0 Å². The molecule has 0 aromatic carbocycles. The van der Waals surface area contributed by atoms with Gasteiger partial charge in [-0.15, -0.1) is 23.1 Å². The average Bonchev–Trinajstić information content (AvgIpc) is 2.63. The average molecular weight is 279 g/mol. The Bertz CT molecular complexity index is 451. The highest BCUT2D eigenvalue weighted by Crippen LogP contribution is 2.41. The molecule has 92 valence electrons. The van der Waals surface area contributed by atoms with Gasteiger partial charge >= 0.3 is 0 Å². The van der Waals surface area contributed by atoms with Crippen molar-refractivity contribution in [1.29, 1.82) is 0 Å². The zero-order valence-electron chi connectivity index (χ0n) is 9.69. The van der Waals surface area contributed by atoms with Crippen LogP contribution in [0.3, 0.4) is 0 Å². The van der Waals surface area contributed by atoms with E-state index in [0.717, 1.165) is 22.6 Å². The summed E-state index contributed by atoms with van der Waals surface area (Å²) >= 11 is 3.04. The van der Waals surface area contributed by atoms with Gasteiger partial charge in [-0.1, -0.05) is 20.8 Å². The van der Waals surface area contributed by atoms with Crippen molar-refractivity contribution in [3.05, 3.63) is 11.6 Å². The van der Waals surface area contributed by atoms with E-state index in [1.54, 1.807) is 17.8 Å². The number of aryl methyl sites for hydroxylation is 1. The van der Waals surface area contributed by atoms with Crippen LogP contribution in [0.25, 0.3) is 0 Å². The van der Waals surface area contributed by atoms with Crippen LogP contribution in [0.15, 0.2) is 14.5 Å². The van der Waals surface area contributed by atoms with E-state index in [0.29, 0.717) is 9.46 Å². The SMILES string of the molecule is CC.CC1CCc2cc(S(N)(=O)=O)sc2S1. The van der Waals surface area contributed by atoms with E-state index in [1.165, 1.54) is 11.3 Å². The molecule has 0 radical (unpaired) electrons. The van der Waals surface area contributed by atoms with E-state index in [9.17, 15) is 8.42 Å². The molecule has 0 amide bonds. The lowest BCUT2D eigenvalue weighted by atomic mass is 10.1. The minimum absolute atomic E-state index is 0.295. The number of sulfonamides is 1. The molecule has 1 aliphatic rings. The second kappa shape index (κ2) is 5.53. The lowest BCUT2D eigenvalue weighted by Gasteiger charge is -2.16. The van der Waals surface area contributed by atoms with E-state index in [-0.39, 0.29) is 0 Å². The van der Waals surface area contributed by atoms with Crippen LogP contribution in [0.1, 0.15) is 32.8 Å². The molecule has 1 unspecified atom stereocenters. The standard InChI is InChI=1S/C8H11NO2S3.C2H6/c1-5-2-3-6-4-7(14(9,10)11)13-8(6)12-5;1-2/h4-5H,2-3H2,1H3,(H2,9,10,11);1-2H3. The van der Waals surface area contributed by atoms with Crippen molar-refractivity contribution in [3.8, 4) is 0 Å². The molecule has 6 heteroatoms. The van der Waals surface area contributed by atoms with Crippen LogP contribution in [0.5, 0.6) is 0 Å². The maximum absolute atomic E-state index is 11.1. The van der Waals surface area contributed by atoms with Crippen molar-refractivity contribution in [2.45, 2.75) is 47.3 Å². The number of rotatable bonds is 1. The molecule has 0 saturated heterocycles. The molecule has 2 rings (SSSR count). The number of nitrogens with two attached hydrogens (primary N) is 1. The van der Waals surface area contributed by atoms with Gasteiger partial charge in [-0.3, -0.25) is 0 Å².